The number of nitro benzene ring substituents is 1. The molecule has 3 N–H and O–H groups in total. The van der Waals surface area contributed by atoms with Gasteiger partial charge in [0, 0.05) is 12.6 Å². The highest BCUT2D eigenvalue weighted by molar-refractivity contribution is 7.89. The van der Waals surface area contributed by atoms with E-state index in [0.29, 0.717) is 0 Å². The van der Waals surface area contributed by atoms with Crippen LogP contribution in [0, 0.1) is 17.0 Å². The van der Waals surface area contributed by atoms with Crippen molar-refractivity contribution in [3.05, 3.63) is 33.9 Å². The number of hydrogen-bond acceptors (Lipinski definition) is 6. The minimum atomic E-state index is -4.17. The van der Waals surface area contributed by atoms with Crippen LogP contribution >= 0.6 is 0 Å². The summed E-state index contributed by atoms with van der Waals surface area (Å²) in [5.41, 5.74) is -1.97. The fourth-order valence-corrected chi connectivity index (χ4v) is 3.06. The third kappa shape index (κ3) is 3.73. The van der Waals surface area contributed by atoms with Crippen LogP contribution in [0.1, 0.15) is 12.5 Å². The van der Waals surface area contributed by atoms with E-state index >= 15 is 0 Å². The van der Waals surface area contributed by atoms with Gasteiger partial charge >= 0.3 is 0 Å². The summed E-state index contributed by atoms with van der Waals surface area (Å²) in [7, 11) is -4.17. The molecule has 8 nitrogen and oxygen atoms in total. The summed E-state index contributed by atoms with van der Waals surface area (Å²) < 4.78 is 26.3. The zero-order valence-electron chi connectivity index (χ0n) is 11.0. The minimum absolute atomic E-state index is 0.218. The molecule has 1 rings (SSSR count). The highest BCUT2D eigenvalue weighted by Crippen LogP contribution is 2.26. The van der Waals surface area contributed by atoms with Crippen molar-refractivity contribution in [1.82, 2.24) is 4.72 Å². The zero-order chi connectivity index (χ0) is 15.6. The maximum atomic E-state index is 12.1. The molecule has 0 saturated heterocycles. The van der Waals surface area contributed by atoms with E-state index in [9.17, 15) is 23.6 Å². The van der Waals surface area contributed by atoms with Crippen LogP contribution in [0.4, 0.5) is 5.69 Å². The van der Waals surface area contributed by atoms with E-state index in [0.717, 1.165) is 6.07 Å². The van der Waals surface area contributed by atoms with Crippen LogP contribution in [0.5, 0.6) is 0 Å². The molecule has 20 heavy (non-hydrogen) atoms. The van der Waals surface area contributed by atoms with Gasteiger partial charge in [0.15, 0.2) is 4.90 Å². The monoisotopic (exact) mass is 304 g/mol. The molecule has 0 bridgehead atoms. The van der Waals surface area contributed by atoms with Gasteiger partial charge in [0.25, 0.3) is 5.69 Å². The Morgan fingerprint density at radius 2 is 2.05 bits per heavy atom. The topological polar surface area (TPSA) is 130 Å². The lowest BCUT2D eigenvalue weighted by Gasteiger charge is -2.20. The molecule has 0 aliphatic carbocycles. The average molecular weight is 304 g/mol. The van der Waals surface area contributed by atoms with Crippen LogP contribution in [-0.2, 0) is 10.0 Å². The van der Waals surface area contributed by atoms with E-state index in [2.05, 4.69) is 4.72 Å². The first-order valence-corrected chi connectivity index (χ1v) is 7.16. The SMILES string of the molecule is Cc1cccc([N+](=O)[O-])c1S(=O)(=O)NCC(C)(O)CO. The fraction of sp³-hybridized carbons (Fsp3) is 0.455. The Morgan fingerprint density at radius 3 is 2.55 bits per heavy atom. The number of hydrogen-bond donors (Lipinski definition) is 3. The predicted molar refractivity (Wildman–Crippen MR) is 70.7 cm³/mol. The molecule has 1 atom stereocenters. The standard InChI is InChI=1S/C11H16N2O6S/c1-8-4-3-5-9(13(16)17)10(8)20(18,19)12-6-11(2,15)7-14/h3-5,12,14-15H,6-7H2,1-2H3. The van der Waals surface area contributed by atoms with Gasteiger partial charge in [-0.1, -0.05) is 12.1 Å². The molecule has 0 spiro atoms. The largest absolute Gasteiger partial charge is 0.393 e. The van der Waals surface area contributed by atoms with Gasteiger partial charge in [0.2, 0.25) is 10.0 Å². The molecule has 0 saturated carbocycles. The Bertz CT molecular complexity index is 611. The molecule has 0 fully saturated rings. The van der Waals surface area contributed by atoms with E-state index in [-0.39, 0.29) is 5.56 Å². The normalized spacial score (nSPS) is 14.8. The van der Waals surface area contributed by atoms with Crippen LogP contribution in [-0.4, -0.2) is 42.3 Å². The number of aryl methyl sites for hydroxylation is 1. The maximum Gasteiger partial charge on any atom is 0.289 e. The molecule has 112 valence electrons. The summed E-state index contributed by atoms with van der Waals surface area (Å²) in [5.74, 6) is 0. The minimum Gasteiger partial charge on any atom is -0.393 e. The van der Waals surface area contributed by atoms with E-state index < -0.39 is 44.3 Å². The van der Waals surface area contributed by atoms with Gasteiger partial charge in [-0.05, 0) is 19.4 Å². The summed E-state index contributed by atoms with van der Waals surface area (Å²) in [6.45, 7) is 1.57. The molecule has 0 amide bonds. The van der Waals surface area contributed by atoms with Crippen molar-refractivity contribution >= 4 is 15.7 Å². The second-order valence-corrected chi connectivity index (χ2v) is 6.36. The Labute approximate surface area is 116 Å². The predicted octanol–water partition coefficient (Wildman–Crippen LogP) is -0.0752. The summed E-state index contributed by atoms with van der Waals surface area (Å²) in [4.78, 5) is 9.67. The summed E-state index contributed by atoms with van der Waals surface area (Å²) >= 11 is 0. The molecule has 9 heteroatoms. The van der Waals surface area contributed by atoms with Gasteiger partial charge in [0.1, 0.15) is 0 Å². The van der Waals surface area contributed by atoms with Crippen LogP contribution in [0.3, 0.4) is 0 Å². The average Bonchev–Trinajstić information content (AvgIpc) is 2.36. The van der Waals surface area contributed by atoms with Crippen LogP contribution in [0.2, 0.25) is 0 Å². The van der Waals surface area contributed by atoms with Gasteiger partial charge in [-0.3, -0.25) is 10.1 Å². The van der Waals surface area contributed by atoms with Crippen molar-refractivity contribution < 1.29 is 23.6 Å². The lowest BCUT2D eigenvalue weighted by molar-refractivity contribution is -0.387. The summed E-state index contributed by atoms with van der Waals surface area (Å²) in [5, 5.41) is 29.3. The first-order chi connectivity index (χ1) is 9.10. The molecule has 0 aromatic heterocycles. The first kappa shape index (κ1) is 16.5. The lowest BCUT2D eigenvalue weighted by Crippen LogP contribution is -2.43. The fourth-order valence-electron chi connectivity index (χ4n) is 1.51. The molecule has 0 aliphatic rings. The molecule has 1 aromatic carbocycles. The van der Waals surface area contributed by atoms with Crippen molar-refractivity contribution in [3.63, 3.8) is 0 Å². The molecular weight excluding hydrogens is 288 g/mol. The van der Waals surface area contributed by atoms with Crippen LogP contribution < -0.4 is 4.72 Å². The van der Waals surface area contributed by atoms with Gasteiger partial charge < -0.3 is 10.2 Å². The molecule has 0 aliphatic heterocycles. The molecule has 1 unspecified atom stereocenters. The zero-order valence-corrected chi connectivity index (χ0v) is 11.8. The van der Waals surface area contributed by atoms with Crippen LogP contribution in [0.15, 0.2) is 23.1 Å². The number of aliphatic hydroxyl groups excluding tert-OH is 1. The Morgan fingerprint density at radius 1 is 1.45 bits per heavy atom. The molecule has 1 aromatic rings. The number of nitrogens with zero attached hydrogens (tertiary/aromatic N) is 1. The number of nitro groups is 1. The second-order valence-electron chi connectivity index (χ2n) is 4.66. The van der Waals surface area contributed by atoms with Gasteiger partial charge in [0.05, 0.1) is 17.1 Å². The summed E-state index contributed by atoms with van der Waals surface area (Å²) in [6, 6.07) is 3.91. The molecule has 0 radical (unpaired) electrons. The Kier molecular flexibility index (Phi) is 4.81. The number of nitrogens with one attached hydrogen (secondary N) is 1. The van der Waals surface area contributed by atoms with E-state index in [1.165, 1.54) is 26.0 Å². The Balaban J connectivity index is 3.20. The number of benzene rings is 1. The van der Waals surface area contributed by atoms with Gasteiger partial charge in [-0.25, -0.2) is 13.1 Å². The Hall–Kier alpha value is -1.55. The van der Waals surface area contributed by atoms with Crippen molar-refractivity contribution in [1.29, 1.82) is 0 Å². The summed E-state index contributed by atoms with van der Waals surface area (Å²) in [6.07, 6.45) is 0. The second kappa shape index (κ2) is 5.83. The third-order valence-electron chi connectivity index (χ3n) is 2.64. The number of aliphatic hydroxyl groups is 2. The van der Waals surface area contributed by atoms with E-state index in [4.69, 9.17) is 5.11 Å². The van der Waals surface area contributed by atoms with E-state index in [1.54, 1.807) is 0 Å². The highest BCUT2D eigenvalue weighted by Gasteiger charge is 2.30. The van der Waals surface area contributed by atoms with Crippen molar-refractivity contribution in [2.45, 2.75) is 24.3 Å². The quantitative estimate of drug-likeness (QED) is 0.498. The maximum absolute atomic E-state index is 12.1. The third-order valence-corrected chi connectivity index (χ3v) is 4.23. The molecular formula is C11H16N2O6S. The van der Waals surface area contributed by atoms with Crippen LogP contribution in [0.25, 0.3) is 0 Å². The first-order valence-electron chi connectivity index (χ1n) is 5.67. The van der Waals surface area contributed by atoms with Gasteiger partial charge in [-0.15, -0.1) is 0 Å². The van der Waals surface area contributed by atoms with Crippen molar-refractivity contribution in [2.24, 2.45) is 0 Å². The smallest absolute Gasteiger partial charge is 0.289 e. The lowest BCUT2D eigenvalue weighted by atomic mass is 10.1. The van der Waals surface area contributed by atoms with Crippen molar-refractivity contribution in [3.8, 4) is 0 Å². The van der Waals surface area contributed by atoms with E-state index in [1.807, 2.05) is 0 Å². The number of rotatable bonds is 6. The van der Waals surface area contributed by atoms with Gasteiger partial charge in [-0.2, -0.15) is 0 Å². The highest BCUT2D eigenvalue weighted by atomic mass is 32.2. The van der Waals surface area contributed by atoms with Crippen molar-refractivity contribution in [2.75, 3.05) is 13.2 Å². The number of sulfonamides is 1. The molecule has 0 heterocycles.